The van der Waals surface area contributed by atoms with Crippen LogP contribution in [0.3, 0.4) is 0 Å². The Morgan fingerprint density at radius 3 is 2.54 bits per heavy atom. The molecule has 2 fully saturated rings. The molecule has 0 bridgehead atoms. The molecule has 3 aliphatic rings. The van der Waals surface area contributed by atoms with E-state index >= 15 is 0 Å². The highest BCUT2D eigenvalue weighted by molar-refractivity contribution is 7.90. The number of amides is 1. The first kappa shape index (κ1) is 24.3. The fraction of sp³-hybridized carbons (Fsp3) is 0.464. The van der Waals surface area contributed by atoms with Crippen LogP contribution in [0.25, 0.3) is 22.6 Å². The number of rotatable bonds is 6. The Bertz CT molecular complexity index is 1490. The first-order chi connectivity index (χ1) is 17.7. The summed E-state index contributed by atoms with van der Waals surface area (Å²) in [6.07, 6.45) is 9.07. The van der Waals surface area contributed by atoms with E-state index in [2.05, 4.69) is 22.7 Å². The van der Waals surface area contributed by atoms with Crippen LogP contribution in [0.1, 0.15) is 60.3 Å². The van der Waals surface area contributed by atoms with Crippen molar-refractivity contribution in [2.75, 3.05) is 19.5 Å². The van der Waals surface area contributed by atoms with Gasteiger partial charge in [-0.3, -0.25) is 9.78 Å². The minimum atomic E-state index is -3.62. The zero-order valence-electron chi connectivity index (χ0n) is 21.5. The van der Waals surface area contributed by atoms with Gasteiger partial charge in [0.1, 0.15) is 5.69 Å². The number of carbonyl (C=O) groups excluding carboxylic acids is 1. The van der Waals surface area contributed by atoms with Crippen LogP contribution in [0.5, 0.6) is 0 Å². The van der Waals surface area contributed by atoms with Gasteiger partial charge < -0.3 is 14.2 Å². The van der Waals surface area contributed by atoms with E-state index < -0.39 is 9.84 Å². The number of pyridine rings is 1. The Balaban J connectivity index is 1.41. The molecule has 9 heteroatoms. The number of aromatic nitrogens is 3. The lowest BCUT2D eigenvalue weighted by atomic mass is 10.00. The number of hydrogen-bond acceptors (Lipinski definition) is 6. The van der Waals surface area contributed by atoms with Crippen molar-refractivity contribution in [3.63, 3.8) is 0 Å². The van der Waals surface area contributed by atoms with Crippen LogP contribution in [0, 0.1) is 12.8 Å². The number of benzene rings is 1. The maximum Gasteiger partial charge on any atom is 0.256 e. The van der Waals surface area contributed by atoms with Gasteiger partial charge in [-0.2, -0.15) is 0 Å². The lowest BCUT2D eigenvalue weighted by Gasteiger charge is -2.24. The van der Waals surface area contributed by atoms with Gasteiger partial charge in [-0.1, -0.05) is 0 Å². The Kier molecular flexibility index (Phi) is 5.95. The normalized spacial score (nSPS) is 19.3. The number of hydrogen-bond donors (Lipinski definition) is 0. The summed E-state index contributed by atoms with van der Waals surface area (Å²) in [7, 11) is -3.62. The highest BCUT2D eigenvalue weighted by Gasteiger charge is 2.40. The maximum atomic E-state index is 13.3. The van der Waals surface area contributed by atoms with Crippen LogP contribution in [0.15, 0.2) is 41.6 Å². The van der Waals surface area contributed by atoms with E-state index in [-0.39, 0.29) is 16.8 Å². The summed E-state index contributed by atoms with van der Waals surface area (Å²) in [6.45, 7) is 5.95. The predicted octanol–water partition coefficient (Wildman–Crippen LogP) is 4.43. The van der Waals surface area contributed by atoms with E-state index in [4.69, 9.17) is 9.72 Å². The van der Waals surface area contributed by atoms with Gasteiger partial charge in [-0.15, -0.1) is 0 Å². The molecule has 1 saturated heterocycles. The van der Waals surface area contributed by atoms with Gasteiger partial charge in [0.15, 0.2) is 15.7 Å². The summed E-state index contributed by atoms with van der Waals surface area (Å²) in [6, 6.07) is 7.87. The topological polar surface area (TPSA) is 94.4 Å². The van der Waals surface area contributed by atoms with Crippen LogP contribution in [-0.4, -0.2) is 59.3 Å². The summed E-state index contributed by atoms with van der Waals surface area (Å²) in [5.41, 5.74) is 4.37. The first-order valence-electron chi connectivity index (χ1n) is 13.0. The van der Waals surface area contributed by atoms with E-state index in [1.165, 1.54) is 6.26 Å². The van der Waals surface area contributed by atoms with E-state index in [0.717, 1.165) is 72.8 Å². The third-order valence-electron chi connectivity index (χ3n) is 7.95. The van der Waals surface area contributed by atoms with Gasteiger partial charge in [0.05, 0.1) is 16.2 Å². The second-order valence-electron chi connectivity index (χ2n) is 10.7. The second kappa shape index (κ2) is 9.06. The molecule has 3 aromatic rings. The quantitative estimate of drug-likeness (QED) is 0.477. The minimum Gasteiger partial charge on any atom is -0.381 e. The van der Waals surface area contributed by atoms with Gasteiger partial charge in [-0.05, 0) is 86.4 Å². The first-order valence-corrected chi connectivity index (χ1v) is 14.9. The van der Waals surface area contributed by atoms with Crippen LogP contribution >= 0.6 is 0 Å². The Hall–Kier alpha value is -3.04. The molecule has 1 amide bonds. The Morgan fingerprint density at radius 2 is 1.84 bits per heavy atom. The summed E-state index contributed by atoms with van der Waals surface area (Å²) in [5.74, 6) is 1.13. The molecular formula is C28H32N4O4S. The molecule has 1 aromatic carbocycles. The fourth-order valence-electron chi connectivity index (χ4n) is 5.74. The van der Waals surface area contributed by atoms with Crippen molar-refractivity contribution in [1.29, 1.82) is 0 Å². The molecule has 37 heavy (non-hydrogen) atoms. The zero-order valence-corrected chi connectivity index (χ0v) is 22.3. The molecule has 1 aliphatic carbocycles. The zero-order chi connectivity index (χ0) is 25.9. The van der Waals surface area contributed by atoms with E-state index in [1.807, 2.05) is 30.0 Å². The number of sulfone groups is 1. The fourth-order valence-corrected chi connectivity index (χ4v) is 6.67. The monoisotopic (exact) mass is 520 g/mol. The lowest BCUT2D eigenvalue weighted by molar-refractivity contribution is 0.0693. The van der Waals surface area contributed by atoms with Crippen molar-refractivity contribution >= 4 is 15.7 Å². The smallest absolute Gasteiger partial charge is 0.256 e. The van der Waals surface area contributed by atoms with Crippen molar-refractivity contribution < 1.29 is 17.9 Å². The van der Waals surface area contributed by atoms with Gasteiger partial charge in [0.25, 0.3) is 5.91 Å². The van der Waals surface area contributed by atoms with Crippen LogP contribution in [0.4, 0.5) is 0 Å². The molecule has 0 unspecified atom stereocenters. The number of carbonyl (C=O) groups is 1. The SMILES string of the molecule is Cc1cn(C2CCOCC2)c(-c2cc(-c3cc4c(c(S(C)(=O)=O)c3)C(=O)N([C@@H](C)C3CC3)C4)ccn2)n1. The average molecular weight is 521 g/mol. The maximum absolute atomic E-state index is 13.3. The molecule has 1 atom stereocenters. The number of fused-ring (bicyclic) bond motifs is 1. The molecule has 4 heterocycles. The predicted molar refractivity (Wildman–Crippen MR) is 140 cm³/mol. The molecule has 0 N–H and O–H groups in total. The molecule has 6 rings (SSSR count). The highest BCUT2D eigenvalue weighted by Crippen LogP contribution is 2.41. The molecule has 8 nitrogen and oxygen atoms in total. The highest BCUT2D eigenvalue weighted by atomic mass is 32.2. The number of aryl methyl sites for hydroxylation is 1. The van der Waals surface area contributed by atoms with Gasteiger partial charge in [-0.25, -0.2) is 13.4 Å². The molecular weight excluding hydrogens is 488 g/mol. The van der Waals surface area contributed by atoms with Crippen molar-refractivity contribution in [1.82, 2.24) is 19.4 Å². The van der Waals surface area contributed by atoms with Crippen molar-refractivity contribution in [2.45, 2.75) is 63.1 Å². The van der Waals surface area contributed by atoms with Crippen molar-refractivity contribution in [3.05, 3.63) is 53.5 Å². The van der Waals surface area contributed by atoms with Gasteiger partial charge in [0, 0.05) is 50.5 Å². The van der Waals surface area contributed by atoms with E-state index in [1.54, 1.807) is 12.3 Å². The molecule has 0 spiro atoms. The minimum absolute atomic E-state index is 0.105. The molecule has 2 aliphatic heterocycles. The van der Waals surface area contributed by atoms with Crippen molar-refractivity contribution in [2.24, 2.45) is 5.92 Å². The van der Waals surface area contributed by atoms with Gasteiger partial charge in [0.2, 0.25) is 0 Å². The number of ether oxygens (including phenoxy) is 1. The van der Waals surface area contributed by atoms with E-state index in [9.17, 15) is 13.2 Å². The second-order valence-corrected chi connectivity index (χ2v) is 12.7. The average Bonchev–Trinajstić information content (AvgIpc) is 3.59. The molecule has 194 valence electrons. The summed E-state index contributed by atoms with van der Waals surface area (Å²) < 4.78 is 33.4. The third-order valence-corrected chi connectivity index (χ3v) is 9.07. The molecule has 1 saturated carbocycles. The van der Waals surface area contributed by atoms with Crippen LogP contribution in [0.2, 0.25) is 0 Å². The van der Waals surface area contributed by atoms with E-state index in [0.29, 0.717) is 24.1 Å². The summed E-state index contributed by atoms with van der Waals surface area (Å²) in [4.78, 5) is 24.7. The number of nitrogens with zero attached hydrogens (tertiary/aromatic N) is 4. The largest absolute Gasteiger partial charge is 0.381 e. The Labute approximate surface area is 217 Å². The molecule has 0 radical (unpaired) electrons. The number of imidazole rings is 1. The summed E-state index contributed by atoms with van der Waals surface area (Å²) in [5, 5.41) is 0. The van der Waals surface area contributed by atoms with Crippen LogP contribution < -0.4 is 0 Å². The molecule has 2 aromatic heterocycles. The summed E-state index contributed by atoms with van der Waals surface area (Å²) >= 11 is 0. The van der Waals surface area contributed by atoms with Crippen LogP contribution in [-0.2, 0) is 21.1 Å². The van der Waals surface area contributed by atoms with Gasteiger partial charge >= 0.3 is 0 Å². The third kappa shape index (κ3) is 4.48. The standard InChI is InChI=1S/C28H32N4O4S/c1-17-15-32(23-7-10-36-11-8-23)27(30-17)24-13-20(6-9-29-24)21-12-22-16-31(18(2)19-4-5-19)28(33)26(22)25(14-21)37(3,34)35/h6,9,12-15,18-19,23H,4-5,7-8,10-11,16H2,1-3H3/t18-/m0/s1. The lowest BCUT2D eigenvalue weighted by Crippen LogP contribution is -2.35. The Morgan fingerprint density at radius 1 is 1.08 bits per heavy atom. The van der Waals surface area contributed by atoms with Crippen molar-refractivity contribution in [3.8, 4) is 22.6 Å².